The first kappa shape index (κ1) is 77.7. The first-order valence-electron chi connectivity index (χ1n) is 44.8. The Kier molecular flexibility index (Phi) is 20.4. The molecule has 608 valence electrons. The number of anilines is 6. The number of fused-ring (bicyclic) bond motifs is 6. The Labute approximate surface area is 758 Å². The van der Waals surface area contributed by atoms with Crippen molar-refractivity contribution in [3.8, 4) is 145 Å². The predicted octanol–water partition coefficient (Wildman–Crippen LogP) is 36.1. The number of para-hydroxylation sites is 1. The summed E-state index contributed by atoms with van der Waals surface area (Å²) in [5, 5.41) is 12.3. The molecule has 0 aliphatic rings. The van der Waals surface area contributed by atoms with Gasteiger partial charge in [0.05, 0.1) is 5.69 Å². The first-order chi connectivity index (χ1) is 64.4. The highest BCUT2D eigenvalue weighted by molar-refractivity contribution is 6.14. The minimum atomic E-state index is 1.06. The van der Waals surface area contributed by atoms with Gasteiger partial charge in [0.25, 0.3) is 0 Å². The van der Waals surface area contributed by atoms with Crippen LogP contribution in [-0.4, -0.2) is 0 Å². The molecule has 0 fully saturated rings. The molecule has 23 aromatic carbocycles. The number of rotatable bonds is 19. The highest BCUT2D eigenvalue weighted by Crippen LogP contribution is 2.49. The minimum Gasteiger partial charge on any atom is -0.310 e. The molecular weight excluding hydrogens is 1570 g/mol. The van der Waals surface area contributed by atoms with Crippen molar-refractivity contribution in [2.45, 2.75) is 0 Å². The monoisotopic (exact) mass is 1650 g/mol. The lowest BCUT2D eigenvalue weighted by Gasteiger charge is -2.28. The van der Waals surface area contributed by atoms with Gasteiger partial charge in [0.1, 0.15) is 0 Å². The molecule has 0 spiro atoms. The molecule has 0 heterocycles. The smallest absolute Gasteiger partial charge is 0.0540 e. The Morgan fingerprint density at radius 2 is 0.431 bits per heavy atom. The summed E-state index contributed by atoms with van der Waals surface area (Å²) in [4.78, 5) is 4.82. The number of hydrogen-bond donors (Lipinski definition) is 0. The fourth-order valence-electron chi connectivity index (χ4n) is 19.6. The zero-order chi connectivity index (χ0) is 86.2. The maximum atomic E-state index is 2.42. The molecule has 0 amide bonds. The average Bonchev–Trinajstić information content (AvgIpc) is 0.762. The van der Waals surface area contributed by atoms with Gasteiger partial charge in [-0.05, 0) is 278 Å². The summed E-state index contributed by atoms with van der Waals surface area (Å²) in [5.74, 6) is 0. The molecular formula is C128H86N2. The van der Waals surface area contributed by atoms with Crippen LogP contribution in [0.15, 0.2) is 522 Å². The van der Waals surface area contributed by atoms with Crippen LogP contribution in [0.25, 0.3) is 199 Å². The van der Waals surface area contributed by atoms with Crippen molar-refractivity contribution < 1.29 is 0 Å². The second-order valence-corrected chi connectivity index (χ2v) is 33.7. The highest BCUT2D eigenvalue weighted by atomic mass is 15.1. The van der Waals surface area contributed by atoms with Crippen LogP contribution in [0.4, 0.5) is 34.1 Å². The predicted molar refractivity (Wildman–Crippen MR) is 554 cm³/mol. The molecule has 2 heteroatoms. The minimum absolute atomic E-state index is 1.06. The summed E-state index contributed by atoms with van der Waals surface area (Å²) in [7, 11) is 0. The van der Waals surface area contributed by atoms with Gasteiger partial charge in [0.2, 0.25) is 0 Å². The van der Waals surface area contributed by atoms with E-state index in [1.165, 1.54) is 143 Å². The van der Waals surface area contributed by atoms with Gasteiger partial charge in [0, 0.05) is 34.0 Å². The van der Waals surface area contributed by atoms with Gasteiger partial charge in [-0.15, -0.1) is 0 Å². The van der Waals surface area contributed by atoms with Gasteiger partial charge in [-0.25, -0.2) is 0 Å². The molecule has 0 unspecified atom stereocenters. The van der Waals surface area contributed by atoms with Crippen molar-refractivity contribution in [3.05, 3.63) is 522 Å². The molecule has 130 heavy (non-hydrogen) atoms. The SMILES string of the molecule is c1ccc(-c2ccc(-c3ccccc3N(c3ccc(-c4ccc(-c5ccc(-c6cccc7cc(-c8ccc(-c9ccc(N(c%10ccc(-c%11ccc%12ccccc%12c%11-c%11ccccc%11)cc%10)c%10cccc(-c%11cc%12ccccc%12c%12ccccc%11%12)c%10)cc9)cc8)ccc67)cc5)c(-c5ccccc5)c4)cc3)c3ccc(-c4ccc5ccccc5c4-c4ccccc4)cc3)cc2)cc1. The molecule has 2 nitrogen and oxygen atoms in total. The Balaban J connectivity index is 0.524. The van der Waals surface area contributed by atoms with Gasteiger partial charge in [0.15, 0.2) is 0 Å². The molecule has 0 atom stereocenters. The normalized spacial score (nSPS) is 11.4. The summed E-state index contributed by atoms with van der Waals surface area (Å²) in [5.41, 5.74) is 37.0. The van der Waals surface area contributed by atoms with Crippen LogP contribution in [0.5, 0.6) is 0 Å². The van der Waals surface area contributed by atoms with Gasteiger partial charge in [-0.3, -0.25) is 0 Å². The molecule has 0 bridgehead atoms. The lowest BCUT2D eigenvalue weighted by atomic mass is 9.89. The molecule has 0 saturated heterocycles. The largest absolute Gasteiger partial charge is 0.310 e. The van der Waals surface area contributed by atoms with Crippen LogP contribution in [0.1, 0.15) is 0 Å². The van der Waals surface area contributed by atoms with Crippen LogP contribution < -0.4 is 9.80 Å². The van der Waals surface area contributed by atoms with E-state index in [0.29, 0.717) is 0 Å². The Morgan fingerprint density at radius 3 is 0.977 bits per heavy atom. The third-order valence-electron chi connectivity index (χ3n) is 26.1. The van der Waals surface area contributed by atoms with E-state index in [-0.39, 0.29) is 0 Å². The average molecular weight is 1650 g/mol. The topological polar surface area (TPSA) is 6.48 Å². The summed E-state index contributed by atoms with van der Waals surface area (Å²) >= 11 is 0. The number of benzene rings is 23. The third kappa shape index (κ3) is 14.9. The zero-order valence-electron chi connectivity index (χ0n) is 71.5. The van der Waals surface area contributed by atoms with Gasteiger partial charge >= 0.3 is 0 Å². The van der Waals surface area contributed by atoms with Gasteiger partial charge in [-0.1, -0.05) is 437 Å². The van der Waals surface area contributed by atoms with Crippen molar-refractivity contribution in [2.24, 2.45) is 0 Å². The van der Waals surface area contributed by atoms with Crippen LogP contribution >= 0.6 is 0 Å². The third-order valence-corrected chi connectivity index (χ3v) is 26.1. The van der Waals surface area contributed by atoms with E-state index in [2.05, 4.69) is 532 Å². The highest BCUT2D eigenvalue weighted by Gasteiger charge is 2.24. The fourth-order valence-corrected chi connectivity index (χ4v) is 19.6. The standard InChI is InChI=1S/C128H86N2/c1-5-25-87(26-6-1)88-51-53-98(54-52-88)117-40-21-22-46-126(117)130(111-77-65-100(66-78-111)121-82-68-95-30-14-18-42-119(95)128(121)102-33-11-4-12-34-102)110-73-61-92(62-74-110)104-70-79-115(124(85-104)93-27-7-2-8-28-93)97-57-55-96(56-58-97)113-45-24-37-105-83-103(69-80-116(105)113)91-49-47-89(48-50-91)90-59-71-108(72-60-90)129(112-38-23-36-106(84-112)125-86-107-35-15-16-39-114(107)122-43-19-20-44-123(122)125)109-75-63-99(64-76-109)120-81-67-94-29-13-17-41-118(94)127(120)101-31-9-3-10-32-101/h1-86H. The van der Waals surface area contributed by atoms with Crippen LogP contribution in [0.3, 0.4) is 0 Å². The van der Waals surface area contributed by atoms with E-state index in [0.717, 1.165) is 89.8 Å². The van der Waals surface area contributed by atoms with Crippen LogP contribution in [0, 0.1) is 0 Å². The van der Waals surface area contributed by atoms with E-state index >= 15 is 0 Å². The molecule has 0 radical (unpaired) electrons. The molecule has 0 aliphatic carbocycles. The molecule has 0 N–H and O–H groups in total. The summed E-state index contributed by atoms with van der Waals surface area (Å²) in [6.07, 6.45) is 0. The maximum Gasteiger partial charge on any atom is 0.0540 e. The Hall–Kier alpha value is -17.0. The Bertz CT molecular complexity index is 8110. The summed E-state index contributed by atoms with van der Waals surface area (Å²) in [6.45, 7) is 0. The molecule has 0 aromatic heterocycles. The molecule has 23 aromatic rings. The Morgan fingerprint density at radius 1 is 0.108 bits per heavy atom. The fraction of sp³-hybridized carbons (Fsp3) is 0. The second kappa shape index (κ2) is 34.1. The van der Waals surface area contributed by atoms with Crippen molar-refractivity contribution >= 4 is 88.0 Å². The van der Waals surface area contributed by atoms with Crippen LogP contribution in [-0.2, 0) is 0 Å². The summed E-state index contributed by atoms with van der Waals surface area (Å²) in [6, 6.07) is 192. The van der Waals surface area contributed by atoms with E-state index < -0.39 is 0 Å². The first-order valence-corrected chi connectivity index (χ1v) is 44.8. The van der Waals surface area contributed by atoms with Crippen molar-refractivity contribution in [1.29, 1.82) is 0 Å². The summed E-state index contributed by atoms with van der Waals surface area (Å²) < 4.78 is 0. The van der Waals surface area contributed by atoms with Crippen LogP contribution in [0.2, 0.25) is 0 Å². The number of hydrogen-bond acceptors (Lipinski definition) is 2. The van der Waals surface area contributed by atoms with Gasteiger partial charge in [-0.2, -0.15) is 0 Å². The second-order valence-electron chi connectivity index (χ2n) is 33.7. The van der Waals surface area contributed by atoms with Crippen molar-refractivity contribution in [3.63, 3.8) is 0 Å². The van der Waals surface area contributed by atoms with E-state index in [4.69, 9.17) is 0 Å². The van der Waals surface area contributed by atoms with Crippen molar-refractivity contribution in [2.75, 3.05) is 9.80 Å². The molecule has 0 aliphatic heterocycles. The number of nitrogens with zero attached hydrogens (tertiary/aromatic N) is 2. The maximum absolute atomic E-state index is 2.42. The molecule has 0 saturated carbocycles. The molecule has 23 rings (SSSR count). The van der Waals surface area contributed by atoms with E-state index in [1.807, 2.05) is 0 Å². The van der Waals surface area contributed by atoms with Gasteiger partial charge < -0.3 is 9.80 Å². The van der Waals surface area contributed by atoms with E-state index in [9.17, 15) is 0 Å². The lowest BCUT2D eigenvalue weighted by molar-refractivity contribution is 1.28. The van der Waals surface area contributed by atoms with Crippen molar-refractivity contribution in [1.82, 2.24) is 0 Å². The lowest BCUT2D eigenvalue weighted by Crippen LogP contribution is -2.11. The quantitative estimate of drug-likeness (QED) is 0.0745. The van der Waals surface area contributed by atoms with E-state index in [1.54, 1.807) is 0 Å². The zero-order valence-corrected chi connectivity index (χ0v) is 71.5.